The van der Waals surface area contributed by atoms with Crippen molar-refractivity contribution in [3.05, 3.63) is 62.6 Å². The van der Waals surface area contributed by atoms with Gasteiger partial charge in [0.05, 0.1) is 0 Å². The largest absolute Gasteiger partial charge is 0.357 e. The number of carbonyl (C=O) groups is 1. The van der Waals surface area contributed by atoms with Gasteiger partial charge in [-0.1, -0.05) is 12.1 Å². The van der Waals surface area contributed by atoms with Gasteiger partial charge in [0.2, 0.25) is 0 Å². The summed E-state index contributed by atoms with van der Waals surface area (Å²) in [5.74, 6) is 0.827. The Morgan fingerprint density at radius 1 is 1.14 bits per heavy atom. The molecular weight excluding hydrogens is 365 g/mol. The fourth-order valence-electron chi connectivity index (χ4n) is 3.96. The first-order valence-electron chi connectivity index (χ1n) is 9.23. The number of carbonyl (C=O) groups excluding carboxylic acids is 1. The molecule has 0 spiro atoms. The molecule has 4 rings (SSSR count). The molecule has 3 heterocycles. The second-order valence-corrected chi connectivity index (χ2v) is 7.47. The van der Waals surface area contributed by atoms with E-state index in [0.29, 0.717) is 50.4 Å². The highest BCUT2D eigenvalue weighted by molar-refractivity contribution is 5.74. The van der Waals surface area contributed by atoms with Gasteiger partial charge in [-0.25, -0.2) is 14.0 Å². The highest BCUT2D eigenvalue weighted by Crippen LogP contribution is 2.32. The third-order valence-corrected chi connectivity index (χ3v) is 5.60. The zero-order chi connectivity index (χ0) is 19.8. The van der Waals surface area contributed by atoms with Crippen LogP contribution in [0.25, 0.3) is 0 Å². The van der Waals surface area contributed by atoms with Crippen molar-refractivity contribution < 1.29 is 9.18 Å². The Morgan fingerprint density at radius 3 is 2.39 bits per heavy atom. The average Bonchev–Trinajstić information content (AvgIpc) is 3.24. The Morgan fingerprint density at radius 2 is 1.79 bits per heavy atom. The standard InChI is InChI=1S/C19H22FN5O3/c1-23-17(26)6-16(22-19(23)28)24-8-13-10-25(11-14(13)9-24)18(27)21-7-12-2-4-15(20)5-3-12/h2-6,13-14H,7-11H2,1H3,(H,21,27)(H,22,28). The van der Waals surface area contributed by atoms with Crippen LogP contribution in [0.3, 0.4) is 0 Å². The summed E-state index contributed by atoms with van der Waals surface area (Å²) in [5.41, 5.74) is 0.0777. The second kappa shape index (κ2) is 7.14. The predicted octanol–water partition coefficient (Wildman–Crippen LogP) is 0.490. The number of likely N-dealkylation sites (tertiary alicyclic amines) is 1. The maximum absolute atomic E-state index is 12.9. The fourth-order valence-corrected chi connectivity index (χ4v) is 3.96. The van der Waals surface area contributed by atoms with Crippen LogP contribution < -0.4 is 21.5 Å². The Labute approximate surface area is 160 Å². The molecule has 2 atom stereocenters. The van der Waals surface area contributed by atoms with Crippen molar-refractivity contribution in [2.75, 3.05) is 31.1 Å². The van der Waals surface area contributed by atoms with E-state index in [1.54, 1.807) is 17.0 Å². The summed E-state index contributed by atoms with van der Waals surface area (Å²) in [7, 11) is 1.44. The Balaban J connectivity index is 1.33. The molecule has 2 unspecified atom stereocenters. The first kappa shape index (κ1) is 18.3. The van der Waals surface area contributed by atoms with E-state index in [2.05, 4.69) is 10.3 Å². The van der Waals surface area contributed by atoms with E-state index in [1.165, 1.54) is 25.2 Å². The van der Waals surface area contributed by atoms with E-state index >= 15 is 0 Å². The van der Waals surface area contributed by atoms with Gasteiger partial charge in [0, 0.05) is 57.7 Å². The number of urea groups is 1. The van der Waals surface area contributed by atoms with Crippen molar-refractivity contribution in [3.63, 3.8) is 0 Å². The number of halogens is 1. The molecule has 2 aliphatic rings. The lowest BCUT2D eigenvalue weighted by atomic mass is 10.0. The SMILES string of the molecule is Cn1c(=O)cc(N2CC3CN(C(=O)NCc4ccc(F)cc4)CC3C2)[nH]c1=O. The number of aromatic nitrogens is 2. The molecular formula is C19H22FN5O3. The molecule has 2 saturated heterocycles. The molecule has 1 aromatic heterocycles. The quantitative estimate of drug-likeness (QED) is 0.802. The number of nitrogens with zero attached hydrogens (tertiary/aromatic N) is 3. The Kier molecular flexibility index (Phi) is 4.66. The van der Waals surface area contributed by atoms with Crippen LogP contribution >= 0.6 is 0 Å². The van der Waals surface area contributed by atoms with Crippen LogP contribution in [0.15, 0.2) is 39.9 Å². The number of aromatic amines is 1. The molecule has 0 radical (unpaired) electrons. The average molecular weight is 387 g/mol. The first-order chi connectivity index (χ1) is 13.4. The zero-order valence-electron chi connectivity index (χ0n) is 15.5. The molecule has 2 N–H and O–H groups in total. The molecule has 0 bridgehead atoms. The number of hydrogen-bond donors (Lipinski definition) is 2. The molecule has 8 nitrogen and oxygen atoms in total. The summed E-state index contributed by atoms with van der Waals surface area (Å²) >= 11 is 0. The number of fused-ring (bicyclic) bond motifs is 1. The maximum Gasteiger partial charge on any atom is 0.329 e. The Hall–Kier alpha value is -3.10. The second-order valence-electron chi connectivity index (χ2n) is 7.47. The Bertz CT molecular complexity index is 955. The molecule has 28 heavy (non-hydrogen) atoms. The maximum atomic E-state index is 12.9. The van der Waals surface area contributed by atoms with Gasteiger partial charge in [-0.05, 0) is 17.7 Å². The van der Waals surface area contributed by atoms with Crippen LogP contribution in [0, 0.1) is 17.7 Å². The van der Waals surface area contributed by atoms with Crippen LogP contribution in [-0.4, -0.2) is 46.7 Å². The van der Waals surface area contributed by atoms with Gasteiger partial charge in [-0.15, -0.1) is 0 Å². The third-order valence-electron chi connectivity index (χ3n) is 5.60. The van der Waals surface area contributed by atoms with Crippen molar-refractivity contribution in [2.24, 2.45) is 18.9 Å². The van der Waals surface area contributed by atoms with Gasteiger partial charge < -0.3 is 15.1 Å². The summed E-state index contributed by atoms with van der Waals surface area (Å²) in [4.78, 5) is 42.6. The number of rotatable bonds is 3. The molecule has 0 aliphatic carbocycles. The van der Waals surface area contributed by atoms with Crippen LogP contribution in [0.2, 0.25) is 0 Å². The number of anilines is 1. The van der Waals surface area contributed by atoms with Crippen molar-refractivity contribution in [1.29, 1.82) is 0 Å². The van der Waals surface area contributed by atoms with Crippen molar-refractivity contribution >= 4 is 11.8 Å². The molecule has 148 valence electrons. The van der Waals surface area contributed by atoms with Gasteiger partial charge in [0.1, 0.15) is 11.6 Å². The lowest BCUT2D eigenvalue weighted by Crippen LogP contribution is -2.40. The van der Waals surface area contributed by atoms with E-state index in [1.807, 2.05) is 4.90 Å². The molecule has 2 amide bonds. The highest BCUT2D eigenvalue weighted by atomic mass is 19.1. The minimum atomic E-state index is -0.429. The molecule has 2 aliphatic heterocycles. The lowest BCUT2D eigenvalue weighted by Gasteiger charge is -2.23. The van der Waals surface area contributed by atoms with Crippen molar-refractivity contribution in [1.82, 2.24) is 19.8 Å². The van der Waals surface area contributed by atoms with Gasteiger partial charge in [0.15, 0.2) is 0 Å². The van der Waals surface area contributed by atoms with Gasteiger partial charge in [0.25, 0.3) is 5.56 Å². The number of hydrogen-bond acceptors (Lipinski definition) is 4. The lowest BCUT2D eigenvalue weighted by molar-refractivity contribution is 0.205. The van der Waals surface area contributed by atoms with Gasteiger partial charge in [-0.3, -0.25) is 14.3 Å². The zero-order valence-corrected chi connectivity index (χ0v) is 15.5. The topological polar surface area (TPSA) is 90.4 Å². The van der Waals surface area contributed by atoms with E-state index < -0.39 is 5.69 Å². The first-order valence-corrected chi connectivity index (χ1v) is 9.23. The summed E-state index contributed by atoms with van der Waals surface area (Å²) in [6.07, 6.45) is 0. The van der Waals surface area contributed by atoms with Crippen LogP contribution in [-0.2, 0) is 13.6 Å². The fraction of sp³-hybridized carbons (Fsp3) is 0.421. The summed E-state index contributed by atoms with van der Waals surface area (Å²) in [5, 5.41) is 2.87. The van der Waals surface area contributed by atoms with Crippen LogP contribution in [0.5, 0.6) is 0 Å². The minimum Gasteiger partial charge on any atom is -0.357 e. The number of H-pyrrole nitrogens is 1. The number of amides is 2. The number of nitrogens with one attached hydrogen (secondary N) is 2. The summed E-state index contributed by atoms with van der Waals surface area (Å²) in [6.45, 7) is 2.99. The third kappa shape index (κ3) is 3.51. The summed E-state index contributed by atoms with van der Waals surface area (Å²) < 4.78 is 14.0. The van der Waals surface area contributed by atoms with Crippen molar-refractivity contribution in [3.8, 4) is 0 Å². The molecule has 1 aromatic carbocycles. The molecule has 2 fully saturated rings. The molecule has 2 aromatic rings. The predicted molar refractivity (Wildman–Crippen MR) is 102 cm³/mol. The highest BCUT2D eigenvalue weighted by Gasteiger charge is 2.42. The normalized spacial score (nSPS) is 21.1. The van der Waals surface area contributed by atoms with E-state index in [-0.39, 0.29) is 17.4 Å². The van der Waals surface area contributed by atoms with E-state index in [9.17, 15) is 18.8 Å². The van der Waals surface area contributed by atoms with E-state index in [0.717, 1.165) is 10.1 Å². The smallest absolute Gasteiger partial charge is 0.329 e. The van der Waals surface area contributed by atoms with Gasteiger partial charge >= 0.3 is 11.7 Å². The van der Waals surface area contributed by atoms with Gasteiger partial charge in [-0.2, -0.15) is 0 Å². The number of benzene rings is 1. The van der Waals surface area contributed by atoms with Crippen LogP contribution in [0.1, 0.15) is 5.56 Å². The monoisotopic (exact) mass is 387 g/mol. The minimum absolute atomic E-state index is 0.132. The molecule has 9 heteroatoms. The van der Waals surface area contributed by atoms with Crippen molar-refractivity contribution in [2.45, 2.75) is 6.54 Å². The van der Waals surface area contributed by atoms with E-state index in [4.69, 9.17) is 0 Å². The summed E-state index contributed by atoms with van der Waals surface area (Å²) in [6, 6.07) is 7.35. The van der Waals surface area contributed by atoms with Crippen LogP contribution in [0.4, 0.5) is 15.0 Å². The molecule has 0 saturated carbocycles.